The molecule has 1 amide bonds. The number of amides is 1. The molecule has 1 aliphatic rings. The minimum Gasteiger partial charge on any atom is -0.495 e. The Morgan fingerprint density at radius 2 is 1.97 bits per heavy atom. The predicted molar refractivity (Wildman–Crippen MR) is 131 cm³/mol. The number of aryl methyl sites for hydroxylation is 1. The van der Waals surface area contributed by atoms with Gasteiger partial charge in [0.25, 0.3) is 0 Å². The van der Waals surface area contributed by atoms with Gasteiger partial charge in [-0.3, -0.25) is 9.36 Å². The Labute approximate surface area is 202 Å². The van der Waals surface area contributed by atoms with Gasteiger partial charge in [-0.2, -0.15) is 0 Å². The molecule has 3 aromatic rings. The molecule has 10 heteroatoms. The second-order valence-corrected chi connectivity index (χ2v) is 9.32. The number of carbonyl (C=O) groups is 1. The maximum atomic E-state index is 12.9. The van der Waals surface area contributed by atoms with Crippen molar-refractivity contribution < 1.29 is 14.3 Å². The first-order valence-electron chi connectivity index (χ1n) is 10.6. The topological polar surface area (TPSA) is 81.5 Å². The zero-order chi connectivity index (χ0) is 23.4. The molecule has 4 rings (SSSR count). The number of ether oxygens (including phenoxy) is 2. The fourth-order valence-corrected chi connectivity index (χ4v) is 4.64. The number of anilines is 2. The molecule has 0 aliphatic carbocycles. The van der Waals surface area contributed by atoms with Gasteiger partial charge in [0.05, 0.1) is 36.3 Å². The molecule has 33 heavy (non-hydrogen) atoms. The highest BCUT2D eigenvalue weighted by Gasteiger charge is 2.25. The highest BCUT2D eigenvalue weighted by molar-refractivity contribution is 8.00. The third-order valence-electron chi connectivity index (χ3n) is 5.34. The summed E-state index contributed by atoms with van der Waals surface area (Å²) in [5, 5.41) is 12.5. The van der Waals surface area contributed by atoms with Crippen LogP contribution in [0.15, 0.2) is 47.6 Å². The van der Waals surface area contributed by atoms with Gasteiger partial charge in [0.15, 0.2) is 5.16 Å². The van der Waals surface area contributed by atoms with Gasteiger partial charge >= 0.3 is 0 Å². The summed E-state index contributed by atoms with van der Waals surface area (Å²) in [6, 6.07) is 13.2. The molecule has 1 unspecified atom stereocenters. The maximum absolute atomic E-state index is 12.9. The van der Waals surface area contributed by atoms with Crippen LogP contribution in [0.1, 0.15) is 12.5 Å². The van der Waals surface area contributed by atoms with Gasteiger partial charge in [-0.15, -0.1) is 10.2 Å². The Morgan fingerprint density at radius 3 is 2.67 bits per heavy atom. The van der Waals surface area contributed by atoms with E-state index in [9.17, 15) is 4.79 Å². The molecule has 1 atom stereocenters. The smallest absolute Gasteiger partial charge is 0.237 e. The van der Waals surface area contributed by atoms with Crippen LogP contribution >= 0.6 is 23.4 Å². The summed E-state index contributed by atoms with van der Waals surface area (Å²) >= 11 is 7.55. The van der Waals surface area contributed by atoms with Crippen molar-refractivity contribution in [2.45, 2.75) is 24.3 Å². The van der Waals surface area contributed by atoms with E-state index >= 15 is 0 Å². The zero-order valence-corrected chi connectivity index (χ0v) is 20.3. The van der Waals surface area contributed by atoms with Gasteiger partial charge in [0, 0.05) is 18.8 Å². The van der Waals surface area contributed by atoms with Crippen LogP contribution in [0.4, 0.5) is 11.6 Å². The molecule has 0 bridgehead atoms. The van der Waals surface area contributed by atoms with Gasteiger partial charge in [-0.05, 0) is 43.7 Å². The Kier molecular flexibility index (Phi) is 7.42. The Bertz CT molecular complexity index is 1130. The summed E-state index contributed by atoms with van der Waals surface area (Å²) in [4.78, 5) is 15.1. The van der Waals surface area contributed by atoms with Crippen LogP contribution in [0.5, 0.6) is 5.75 Å². The molecule has 2 heterocycles. The van der Waals surface area contributed by atoms with Crippen LogP contribution in [0, 0.1) is 6.92 Å². The minimum atomic E-state index is -0.421. The normalized spacial score (nSPS) is 14.7. The lowest BCUT2D eigenvalue weighted by atomic mass is 10.2. The highest BCUT2D eigenvalue weighted by atomic mass is 35.5. The molecule has 1 aliphatic heterocycles. The Balaban J connectivity index is 1.58. The van der Waals surface area contributed by atoms with E-state index in [0.29, 0.717) is 34.8 Å². The van der Waals surface area contributed by atoms with Crippen molar-refractivity contribution in [2.24, 2.45) is 0 Å². The van der Waals surface area contributed by atoms with E-state index in [1.807, 2.05) is 29.7 Å². The number of hydrogen-bond donors (Lipinski definition) is 1. The standard InChI is InChI=1S/C23H26ClN5O3S/c1-15-6-4-5-7-19(15)29-22(28-10-12-32-13-11-28)26-27-23(29)33-16(2)21(30)25-17-8-9-20(31-3)18(24)14-17/h4-9,14,16H,10-13H2,1-3H3,(H,25,30). The molecule has 1 saturated heterocycles. The van der Waals surface area contributed by atoms with Crippen LogP contribution in [-0.2, 0) is 9.53 Å². The predicted octanol–water partition coefficient (Wildman–Crippen LogP) is 4.19. The highest BCUT2D eigenvalue weighted by Crippen LogP contribution is 2.32. The number of aromatic nitrogens is 3. The van der Waals surface area contributed by atoms with Crippen LogP contribution < -0.4 is 15.0 Å². The lowest BCUT2D eigenvalue weighted by Gasteiger charge is -2.28. The van der Waals surface area contributed by atoms with Crippen molar-refractivity contribution >= 4 is 40.9 Å². The Morgan fingerprint density at radius 1 is 1.21 bits per heavy atom. The van der Waals surface area contributed by atoms with Crippen molar-refractivity contribution in [2.75, 3.05) is 43.6 Å². The summed E-state index contributed by atoms with van der Waals surface area (Å²) in [6.07, 6.45) is 0. The number of halogens is 1. The van der Waals surface area contributed by atoms with E-state index in [-0.39, 0.29) is 5.91 Å². The molecule has 1 aromatic heterocycles. The third kappa shape index (κ3) is 5.26. The molecule has 1 N–H and O–H groups in total. The van der Waals surface area contributed by atoms with Crippen LogP contribution in [0.2, 0.25) is 5.02 Å². The van der Waals surface area contributed by atoms with E-state index < -0.39 is 5.25 Å². The van der Waals surface area contributed by atoms with Gasteiger partial charge < -0.3 is 19.7 Å². The van der Waals surface area contributed by atoms with E-state index in [2.05, 4.69) is 33.4 Å². The number of carbonyl (C=O) groups excluding carboxylic acids is 1. The fraction of sp³-hybridized carbons (Fsp3) is 0.348. The molecular formula is C23H26ClN5O3S. The number of thioether (sulfide) groups is 1. The number of methoxy groups -OCH3 is 1. The first kappa shape index (κ1) is 23.4. The van der Waals surface area contributed by atoms with Gasteiger partial charge in [-0.25, -0.2) is 0 Å². The summed E-state index contributed by atoms with van der Waals surface area (Å²) < 4.78 is 12.7. The Hall–Kier alpha value is -2.75. The molecule has 1 fully saturated rings. The molecule has 0 spiro atoms. The van der Waals surface area contributed by atoms with Crippen molar-refractivity contribution in [3.05, 3.63) is 53.1 Å². The quantitative estimate of drug-likeness (QED) is 0.500. The lowest BCUT2D eigenvalue weighted by molar-refractivity contribution is -0.115. The molecule has 0 radical (unpaired) electrons. The van der Waals surface area contributed by atoms with Crippen molar-refractivity contribution in [3.8, 4) is 11.4 Å². The number of hydrogen-bond acceptors (Lipinski definition) is 7. The number of para-hydroxylation sites is 1. The molecule has 0 saturated carbocycles. The third-order valence-corrected chi connectivity index (χ3v) is 6.68. The average molecular weight is 488 g/mol. The number of morpholine rings is 1. The molecule has 8 nitrogen and oxygen atoms in total. The fourth-order valence-electron chi connectivity index (χ4n) is 3.53. The van der Waals surface area contributed by atoms with Crippen LogP contribution in [0.3, 0.4) is 0 Å². The van der Waals surface area contributed by atoms with Gasteiger partial charge in [0.2, 0.25) is 11.9 Å². The molecule has 2 aromatic carbocycles. The minimum absolute atomic E-state index is 0.159. The summed E-state index contributed by atoms with van der Waals surface area (Å²) in [5.41, 5.74) is 2.69. The van der Waals surface area contributed by atoms with Crippen LogP contribution in [-0.4, -0.2) is 59.3 Å². The second kappa shape index (κ2) is 10.5. The van der Waals surface area contributed by atoms with E-state index in [1.165, 1.54) is 11.8 Å². The number of nitrogens with one attached hydrogen (secondary N) is 1. The lowest BCUT2D eigenvalue weighted by Crippen LogP contribution is -2.38. The average Bonchev–Trinajstić information content (AvgIpc) is 3.23. The zero-order valence-electron chi connectivity index (χ0n) is 18.7. The number of nitrogens with zero attached hydrogens (tertiary/aromatic N) is 4. The van der Waals surface area contributed by atoms with Crippen LogP contribution in [0.25, 0.3) is 5.69 Å². The van der Waals surface area contributed by atoms with Gasteiger partial charge in [-0.1, -0.05) is 41.6 Å². The van der Waals surface area contributed by atoms with E-state index in [1.54, 1.807) is 25.3 Å². The second-order valence-electron chi connectivity index (χ2n) is 7.60. The van der Waals surface area contributed by atoms with E-state index in [4.69, 9.17) is 21.1 Å². The first-order chi connectivity index (χ1) is 16.0. The monoisotopic (exact) mass is 487 g/mol. The summed E-state index contributed by atoms with van der Waals surface area (Å²) in [7, 11) is 1.55. The summed E-state index contributed by atoms with van der Waals surface area (Å²) in [6.45, 7) is 6.66. The van der Waals surface area contributed by atoms with E-state index in [0.717, 1.165) is 30.3 Å². The van der Waals surface area contributed by atoms with Gasteiger partial charge in [0.1, 0.15) is 5.75 Å². The van der Waals surface area contributed by atoms with Crippen molar-refractivity contribution in [3.63, 3.8) is 0 Å². The largest absolute Gasteiger partial charge is 0.495 e. The SMILES string of the molecule is COc1ccc(NC(=O)C(C)Sc2nnc(N3CCOCC3)n2-c2ccccc2C)cc1Cl. The number of rotatable bonds is 7. The first-order valence-corrected chi connectivity index (χ1v) is 11.9. The molecule has 174 valence electrons. The summed E-state index contributed by atoms with van der Waals surface area (Å²) in [5.74, 6) is 1.15. The van der Waals surface area contributed by atoms with Crippen molar-refractivity contribution in [1.82, 2.24) is 14.8 Å². The van der Waals surface area contributed by atoms with Crippen molar-refractivity contribution in [1.29, 1.82) is 0 Å². The molecular weight excluding hydrogens is 462 g/mol. The maximum Gasteiger partial charge on any atom is 0.237 e. The number of benzene rings is 2.